The van der Waals surface area contributed by atoms with Gasteiger partial charge >= 0.3 is 0 Å². The first-order chi connectivity index (χ1) is 10.1. The van der Waals surface area contributed by atoms with Gasteiger partial charge in [-0.1, -0.05) is 18.2 Å². The predicted octanol–water partition coefficient (Wildman–Crippen LogP) is 2.86. The van der Waals surface area contributed by atoms with Gasteiger partial charge in [-0.3, -0.25) is 0 Å². The number of rotatable bonds is 5. The molecule has 0 aliphatic heterocycles. The molecule has 1 aromatic carbocycles. The van der Waals surface area contributed by atoms with Crippen molar-refractivity contribution in [2.75, 3.05) is 0 Å². The number of benzene rings is 1. The zero-order chi connectivity index (χ0) is 14.9. The Bertz CT molecular complexity index is 854. The Kier molecular flexibility index (Phi) is 3.73. The molecular weight excluding hydrogens is 310 g/mol. The van der Waals surface area contributed by atoms with E-state index in [0.717, 1.165) is 18.5 Å². The molecule has 0 atom stereocenters. The van der Waals surface area contributed by atoms with E-state index >= 15 is 0 Å². The summed E-state index contributed by atoms with van der Waals surface area (Å²) in [5.41, 5.74) is 0.877. The number of halogens is 1. The Balaban J connectivity index is 1.88. The molecule has 0 aliphatic rings. The number of nitrogens with zero attached hydrogens (tertiary/aromatic N) is 3. The fourth-order valence-corrected chi connectivity index (χ4v) is 3.49. The second kappa shape index (κ2) is 5.54. The molecule has 0 saturated heterocycles. The van der Waals surface area contributed by atoms with Crippen molar-refractivity contribution >= 4 is 30.6 Å². The average molecular weight is 324 g/mol. The summed E-state index contributed by atoms with van der Waals surface area (Å²) in [6.07, 6.45) is 7.89. The molecule has 3 aromatic rings. The van der Waals surface area contributed by atoms with Crippen LogP contribution < -0.4 is 0 Å². The van der Waals surface area contributed by atoms with Crippen LogP contribution in [0.5, 0.6) is 0 Å². The van der Waals surface area contributed by atoms with Crippen molar-refractivity contribution in [2.24, 2.45) is 0 Å². The van der Waals surface area contributed by atoms with Crippen molar-refractivity contribution in [3.05, 3.63) is 49.2 Å². The maximum absolute atomic E-state index is 11.7. The standard InChI is InChI=1S/C14H14ClN3O2S/c15-21(19,20)14-10-18(13-5-2-1-4-12(13)14)8-3-7-17-9-6-16-11-17/h1-2,4-6,9-11H,3,7-8H2. The lowest BCUT2D eigenvalue weighted by molar-refractivity contribution is 0.571. The number of aryl methyl sites for hydroxylation is 2. The van der Waals surface area contributed by atoms with E-state index in [1.54, 1.807) is 24.8 Å². The minimum atomic E-state index is -3.74. The van der Waals surface area contributed by atoms with Crippen molar-refractivity contribution in [3.8, 4) is 0 Å². The highest BCUT2D eigenvalue weighted by Crippen LogP contribution is 2.28. The first-order valence-corrected chi connectivity index (χ1v) is 8.85. The molecule has 0 amide bonds. The molecule has 110 valence electrons. The van der Waals surface area contributed by atoms with Crippen LogP contribution in [0.3, 0.4) is 0 Å². The highest BCUT2D eigenvalue weighted by atomic mass is 35.7. The van der Waals surface area contributed by atoms with Gasteiger partial charge in [-0.05, 0) is 12.5 Å². The van der Waals surface area contributed by atoms with Crippen molar-refractivity contribution in [3.63, 3.8) is 0 Å². The van der Waals surface area contributed by atoms with E-state index in [4.69, 9.17) is 10.7 Å². The molecule has 3 rings (SSSR count). The van der Waals surface area contributed by atoms with Crippen LogP contribution >= 0.6 is 10.7 Å². The number of imidazole rings is 1. The summed E-state index contributed by atoms with van der Waals surface area (Å²) in [6.45, 7) is 1.54. The number of hydrogen-bond acceptors (Lipinski definition) is 3. The van der Waals surface area contributed by atoms with E-state index in [1.807, 2.05) is 33.5 Å². The highest BCUT2D eigenvalue weighted by Gasteiger charge is 2.18. The van der Waals surface area contributed by atoms with Gasteiger partial charge in [0.15, 0.2) is 0 Å². The Labute approximate surface area is 127 Å². The normalized spacial score (nSPS) is 12.0. The maximum Gasteiger partial charge on any atom is 0.263 e. The second-order valence-electron chi connectivity index (χ2n) is 4.80. The van der Waals surface area contributed by atoms with Gasteiger partial charge in [0.05, 0.1) is 6.33 Å². The van der Waals surface area contributed by atoms with Gasteiger partial charge < -0.3 is 9.13 Å². The van der Waals surface area contributed by atoms with Crippen LogP contribution in [0.4, 0.5) is 0 Å². The summed E-state index contributed by atoms with van der Waals surface area (Å²) >= 11 is 0. The first-order valence-electron chi connectivity index (χ1n) is 6.54. The molecule has 2 heterocycles. The Morgan fingerprint density at radius 3 is 2.71 bits per heavy atom. The average Bonchev–Trinajstić information content (AvgIpc) is 3.06. The second-order valence-corrected chi connectivity index (χ2v) is 7.33. The minimum Gasteiger partial charge on any atom is -0.346 e. The van der Waals surface area contributed by atoms with Gasteiger partial charge in [0, 0.05) is 53.3 Å². The van der Waals surface area contributed by atoms with Crippen LogP contribution in [0.15, 0.2) is 54.1 Å². The zero-order valence-corrected chi connectivity index (χ0v) is 12.8. The molecule has 21 heavy (non-hydrogen) atoms. The fraction of sp³-hybridized carbons (Fsp3) is 0.214. The molecule has 0 radical (unpaired) electrons. The van der Waals surface area contributed by atoms with Gasteiger partial charge in [0.25, 0.3) is 9.05 Å². The monoisotopic (exact) mass is 323 g/mol. The van der Waals surface area contributed by atoms with Gasteiger partial charge in [0.2, 0.25) is 0 Å². The summed E-state index contributed by atoms with van der Waals surface area (Å²) in [5, 5.41) is 0.662. The van der Waals surface area contributed by atoms with Crippen LogP contribution in [0.2, 0.25) is 0 Å². The fourth-order valence-electron chi connectivity index (χ4n) is 2.44. The van der Waals surface area contributed by atoms with E-state index in [9.17, 15) is 8.42 Å². The summed E-state index contributed by atoms with van der Waals surface area (Å²) in [7, 11) is 1.77. The number of fused-ring (bicyclic) bond motifs is 1. The van der Waals surface area contributed by atoms with Gasteiger partial charge in [0.1, 0.15) is 4.90 Å². The van der Waals surface area contributed by atoms with Crippen LogP contribution in [0, 0.1) is 0 Å². The lowest BCUT2D eigenvalue weighted by Crippen LogP contribution is -2.01. The topological polar surface area (TPSA) is 56.9 Å². The van der Waals surface area contributed by atoms with Crippen LogP contribution in [0.1, 0.15) is 6.42 Å². The number of hydrogen-bond donors (Lipinski definition) is 0. The van der Waals surface area contributed by atoms with Crippen molar-refractivity contribution < 1.29 is 8.42 Å². The lowest BCUT2D eigenvalue weighted by atomic mass is 10.2. The van der Waals surface area contributed by atoms with Crippen LogP contribution in [-0.4, -0.2) is 22.5 Å². The first kappa shape index (κ1) is 14.2. The van der Waals surface area contributed by atoms with E-state index in [2.05, 4.69) is 4.98 Å². The molecule has 0 aliphatic carbocycles. The smallest absolute Gasteiger partial charge is 0.263 e. The molecule has 0 unspecified atom stereocenters. The molecule has 7 heteroatoms. The molecule has 0 N–H and O–H groups in total. The largest absolute Gasteiger partial charge is 0.346 e. The van der Waals surface area contributed by atoms with Gasteiger partial charge in [-0.2, -0.15) is 0 Å². The van der Waals surface area contributed by atoms with Crippen molar-refractivity contribution in [2.45, 2.75) is 24.4 Å². The molecule has 0 fully saturated rings. The molecular formula is C14H14ClN3O2S. The number of para-hydroxylation sites is 1. The Hall–Kier alpha value is -1.79. The molecule has 5 nitrogen and oxygen atoms in total. The highest BCUT2D eigenvalue weighted by molar-refractivity contribution is 8.14. The summed E-state index contributed by atoms with van der Waals surface area (Å²) in [6, 6.07) is 7.37. The molecule has 0 spiro atoms. The van der Waals surface area contributed by atoms with E-state index in [-0.39, 0.29) is 4.90 Å². The van der Waals surface area contributed by atoms with E-state index < -0.39 is 9.05 Å². The third-order valence-corrected chi connectivity index (χ3v) is 4.74. The Morgan fingerprint density at radius 1 is 1.19 bits per heavy atom. The van der Waals surface area contributed by atoms with Crippen LogP contribution in [-0.2, 0) is 22.1 Å². The summed E-state index contributed by atoms with van der Waals surface area (Å²) in [5.74, 6) is 0. The molecule has 0 bridgehead atoms. The van der Waals surface area contributed by atoms with Gasteiger partial charge in [-0.15, -0.1) is 0 Å². The summed E-state index contributed by atoms with van der Waals surface area (Å²) < 4.78 is 27.2. The maximum atomic E-state index is 11.7. The quantitative estimate of drug-likeness (QED) is 0.678. The minimum absolute atomic E-state index is 0.169. The predicted molar refractivity (Wildman–Crippen MR) is 81.8 cm³/mol. The lowest BCUT2D eigenvalue weighted by Gasteiger charge is -2.05. The van der Waals surface area contributed by atoms with E-state index in [1.165, 1.54) is 0 Å². The Morgan fingerprint density at radius 2 is 2.00 bits per heavy atom. The third-order valence-electron chi connectivity index (χ3n) is 3.39. The summed E-state index contributed by atoms with van der Waals surface area (Å²) in [4.78, 5) is 4.16. The molecule has 2 aromatic heterocycles. The third kappa shape index (κ3) is 2.96. The van der Waals surface area contributed by atoms with Gasteiger partial charge in [-0.25, -0.2) is 13.4 Å². The van der Waals surface area contributed by atoms with Crippen LogP contribution in [0.25, 0.3) is 10.9 Å². The van der Waals surface area contributed by atoms with Crippen molar-refractivity contribution in [1.82, 2.24) is 14.1 Å². The molecule has 0 saturated carbocycles. The number of aromatic nitrogens is 3. The SMILES string of the molecule is O=S(=O)(Cl)c1cn(CCCn2ccnc2)c2ccccc12. The zero-order valence-electron chi connectivity index (χ0n) is 11.2. The van der Waals surface area contributed by atoms with Crippen molar-refractivity contribution in [1.29, 1.82) is 0 Å². The van der Waals surface area contributed by atoms with E-state index in [0.29, 0.717) is 11.9 Å².